The molecular weight excluding hydrogens is 1440 g/mol. The lowest BCUT2D eigenvalue weighted by molar-refractivity contribution is -0.914. The van der Waals surface area contributed by atoms with E-state index in [0.29, 0.717) is 62.6 Å². The van der Waals surface area contributed by atoms with Gasteiger partial charge >= 0.3 is 0 Å². The molecule has 9 rings (SSSR count). The minimum Gasteiger partial charge on any atom is -0.397 e. The Morgan fingerprint density at radius 3 is 0.912 bits per heavy atom. The van der Waals surface area contributed by atoms with Crippen LogP contribution in [0.25, 0.3) is 0 Å². The maximum absolute atomic E-state index is 5.89. The molecule has 0 amide bonds. The number of aryl methyl sites for hydroxylation is 8. The van der Waals surface area contributed by atoms with Crippen LogP contribution in [0.5, 0.6) is 0 Å². The highest BCUT2D eigenvalue weighted by molar-refractivity contribution is 5.56. The first-order valence-electron chi connectivity index (χ1n) is 41.4. The normalized spacial score (nSPS) is 13.7. The van der Waals surface area contributed by atoms with Crippen molar-refractivity contribution in [2.24, 2.45) is 7.05 Å². The molecule has 638 valence electrons. The van der Waals surface area contributed by atoms with Crippen LogP contribution in [0.15, 0.2) is 92.3 Å². The Morgan fingerprint density at radius 2 is 0.605 bits per heavy atom. The summed E-state index contributed by atoms with van der Waals surface area (Å²) in [6.07, 6.45) is 40.2. The van der Waals surface area contributed by atoms with Crippen molar-refractivity contribution in [1.82, 2.24) is 34.5 Å². The molecule has 0 aromatic carbocycles. The maximum atomic E-state index is 5.89. The Bertz CT molecular complexity index is 3700. The third-order valence-corrected chi connectivity index (χ3v) is 20.0. The molecule has 0 atom stereocenters. The van der Waals surface area contributed by atoms with Crippen LogP contribution in [0, 0.1) is 0 Å². The molecule has 9 heterocycles. The van der Waals surface area contributed by atoms with E-state index in [9.17, 15) is 0 Å². The van der Waals surface area contributed by atoms with Crippen molar-refractivity contribution in [1.29, 1.82) is 0 Å². The number of hydrogen-bond donors (Lipinski definition) is 12. The fourth-order valence-electron chi connectivity index (χ4n) is 13.0. The molecular formula is C85H155N25O4+6. The molecule has 29 heteroatoms. The summed E-state index contributed by atoms with van der Waals surface area (Å²) < 4.78 is 32.2. The fourth-order valence-corrected chi connectivity index (χ4v) is 13.0. The van der Waals surface area contributed by atoms with Crippen LogP contribution < -0.4 is 73.4 Å². The summed E-state index contributed by atoms with van der Waals surface area (Å²) in [6.45, 7) is 18.2. The molecule has 24 N–H and O–H groups in total. The predicted molar refractivity (Wildman–Crippen MR) is 474 cm³/mol. The van der Waals surface area contributed by atoms with Gasteiger partial charge in [-0.2, -0.15) is 0 Å². The van der Waals surface area contributed by atoms with Crippen LogP contribution in [0.4, 0.5) is 68.2 Å². The van der Waals surface area contributed by atoms with Crippen LogP contribution in [0.2, 0.25) is 0 Å². The third-order valence-electron chi connectivity index (χ3n) is 20.0. The van der Waals surface area contributed by atoms with Gasteiger partial charge in [0.15, 0.2) is 0 Å². The third kappa shape index (κ3) is 44.9. The lowest BCUT2D eigenvalue weighted by Gasteiger charge is -2.37. The van der Waals surface area contributed by atoms with Crippen molar-refractivity contribution in [2.75, 3.05) is 258 Å². The number of ether oxygens (including phenoxy) is 4. The number of anilines is 12. The molecule has 29 nitrogen and oxygen atoms in total. The number of aromatic nitrogens is 8. The Labute approximate surface area is 684 Å². The first-order valence-corrected chi connectivity index (χ1v) is 41.4. The zero-order valence-corrected chi connectivity index (χ0v) is 72.3. The van der Waals surface area contributed by atoms with E-state index in [1.54, 1.807) is 73.6 Å². The molecule has 2 saturated heterocycles. The standard InChI is InChI=1S/C16H29N4O.C15H27N4O.C14H27N4O.C14H27N4.C13H20N5.C13H25N4O/c1-20(7-3-2-4-8-20)9-11-21-10-5-6-16-15(18)12-14(17)13-19-16;1-19(6-2-3-7-19)8-10-20-9-4-5-15-14(17)11-13(16)12-18-15;1-18(2,3)7-5-9-19-8-4-6-14-13(16)10-12(15)11-17-14;1-18(2,3)9-7-5-4-6-8-14-13(16)10-12(15)11-17-14;1-17-6-7-18(10-17)5-3-2-4-13-12(15)8-11(14)9-16-13;1-17(2,3)6-8-18-7-4-5-13-12(15)9-11(14)10-16-13/h12-13H,2-11,17-18H2,1H3;11-12H,2-10,16-17H2,1H3;10-11H,4-9,15-16H2,1-3H3;10-11H,4-9,15-16H2,1-3H3;6-10H,2-5,14-15H2,1H3;9-10H,4-8,14-15H2,1-3H3/q6*+1. The van der Waals surface area contributed by atoms with Crippen molar-refractivity contribution < 1.29 is 45.9 Å². The molecule has 0 radical (unpaired) electrons. The summed E-state index contributed by atoms with van der Waals surface area (Å²) >= 11 is 0. The van der Waals surface area contributed by atoms with Gasteiger partial charge < -0.3 is 110 Å². The highest BCUT2D eigenvalue weighted by atomic mass is 16.5. The number of hydrogen-bond acceptors (Lipinski definition) is 22. The van der Waals surface area contributed by atoms with Gasteiger partial charge in [0.05, 0.1) is 296 Å². The first-order chi connectivity index (χ1) is 54.0. The zero-order chi connectivity index (χ0) is 84.0. The number of nitrogen functional groups attached to an aromatic ring is 12. The number of unbranched alkanes of at least 4 members (excludes halogenated alkanes) is 4. The molecule has 0 spiro atoms. The van der Waals surface area contributed by atoms with E-state index in [-0.39, 0.29) is 0 Å². The number of pyridine rings is 6. The van der Waals surface area contributed by atoms with E-state index in [4.69, 9.17) is 87.8 Å². The second-order valence-corrected chi connectivity index (χ2v) is 34.4. The molecule has 114 heavy (non-hydrogen) atoms. The Morgan fingerprint density at radius 1 is 0.333 bits per heavy atom. The largest absolute Gasteiger partial charge is 0.397 e. The zero-order valence-electron chi connectivity index (χ0n) is 72.3. The van der Waals surface area contributed by atoms with Crippen molar-refractivity contribution in [3.8, 4) is 0 Å². The van der Waals surface area contributed by atoms with Gasteiger partial charge in [-0.05, 0) is 152 Å². The van der Waals surface area contributed by atoms with Gasteiger partial charge in [0.2, 0.25) is 6.33 Å². The summed E-state index contributed by atoms with van der Waals surface area (Å²) in [4.78, 5) is 25.5. The number of imidazole rings is 1. The summed E-state index contributed by atoms with van der Waals surface area (Å²) in [5.41, 5.74) is 82.3. The van der Waals surface area contributed by atoms with Crippen molar-refractivity contribution in [3.63, 3.8) is 0 Å². The van der Waals surface area contributed by atoms with E-state index in [2.05, 4.69) is 125 Å². The van der Waals surface area contributed by atoms with Gasteiger partial charge in [-0.1, -0.05) is 6.42 Å². The van der Waals surface area contributed by atoms with E-state index < -0.39 is 0 Å². The molecule has 2 aliphatic heterocycles. The van der Waals surface area contributed by atoms with Crippen molar-refractivity contribution in [3.05, 3.63) is 126 Å². The van der Waals surface area contributed by atoms with Gasteiger partial charge in [0.1, 0.15) is 32.0 Å². The van der Waals surface area contributed by atoms with E-state index in [0.717, 1.165) is 229 Å². The highest BCUT2D eigenvalue weighted by Gasteiger charge is 2.27. The first kappa shape index (κ1) is 97.7. The summed E-state index contributed by atoms with van der Waals surface area (Å²) in [7, 11) is 26.4. The van der Waals surface area contributed by atoms with Crippen LogP contribution in [0.1, 0.15) is 137 Å². The van der Waals surface area contributed by atoms with Crippen molar-refractivity contribution in [2.45, 2.75) is 148 Å². The number of piperidine rings is 1. The van der Waals surface area contributed by atoms with Gasteiger partial charge in [0.25, 0.3) is 0 Å². The average Bonchev–Trinajstić information content (AvgIpc) is 1.41. The Hall–Kier alpha value is -8.65. The molecule has 7 aromatic rings. The molecule has 0 bridgehead atoms. The molecule has 2 aliphatic rings. The number of nitrogens with zero attached hydrogens (tertiary/aromatic N) is 13. The van der Waals surface area contributed by atoms with Crippen LogP contribution in [-0.2, 0) is 71.1 Å². The second-order valence-electron chi connectivity index (χ2n) is 34.4. The van der Waals surface area contributed by atoms with Crippen LogP contribution in [0.3, 0.4) is 0 Å². The quantitative estimate of drug-likeness (QED) is 0.00971. The van der Waals surface area contributed by atoms with Crippen molar-refractivity contribution >= 4 is 68.2 Å². The second kappa shape index (κ2) is 52.0. The molecule has 7 aromatic heterocycles. The fraction of sp³-hybridized carbons (Fsp3) is 0.612. The summed E-state index contributed by atoms with van der Waals surface area (Å²) in [5, 5.41) is 0. The summed E-state index contributed by atoms with van der Waals surface area (Å²) in [6, 6.07) is 10.6. The Balaban J connectivity index is 0.000000288. The maximum Gasteiger partial charge on any atom is 0.243 e. The van der Waals surface area contributed by atoms with Crippen LogP contribution in [-0.4, -0.2) is 246 Å². The molecule has 0 saturated carbocycles. The minimum absolute atomic E-state index is 0.607. The molecule has 0 unspecified atom stereocenters. The van der Waals surface area contributed by atoms with E-state index in [1.165, 1.54) is 93.1 Å². The van der Waals surface area contributed by atoms with E-state index >= 15 is 0 Å². The van der Waals surface area contributed by atoms with Crippen LogP contribution >= 0.6 is 0 Å². The van der Waals surface area contributed by atoms with Gasteiger partial charge in [-0.25, -0.2) is 9.13 Å². The lowest BCUT2D eigenvalue weighted by atomic mass is 10.1. The number of rotatable bonds is 41. The van der Waals surface area contributed by atoms with Gasteiger partial charge in [-0.3, -0.25) is 29.9 Å². The van der Waals surface area contributed by atoms with Gasteiger partial charge in [0, 0.05) is 45.7 Å². The highest BCUT2D eigenvalue weighted by Crippen LogP contribution is 2.22. The van der Waals surface area contributed by atoms with E-state index in [1.807, 2.05) is 17.8 Å². The number of likely N-dealkylation sites (tertiary alicyclic amines) is 2. The number of nitrogens with two attached hydrogens (primary N) is 12. The molecule has 0 aliphatic carbocycles. The number of quaternary nitrogens is 5. The van der Waals surface area contributed by atoms with Gasteiger partial charge in [-0.15, -0.1) is 0 Å². The monoisotopic (exact) mass is 1590 g/mol. The molecule has 2 fully saturated rings. The lowest BCUT2D eigenvalue weighted by Crippen LogP contribution is -2.49. The Kier molecular flexibility index (Phi) is 44.6. The SMILES string of the molecule is C[N+](C)(C)CCCCCCc1ncc(N)cc1N.C[N+](C)(C)CCCOCCCc1ncc(N)cc1N.C[N+](C)(C)CCOCCCc1ncc(N)cc1N.C[N+]1(CCOCCCc2ncc(N)cc2N)CCCC1.C[N+]1(CCOCCCc2ncc(N)cc2N)CCCCC1.C[n+]1ccn(CCCCc2ncc(N)cc2N)c1. The predicted octanol–water partition coefficient (Wildman–Crippen LogP) is 8.40. The smallest absolute Gasteiger partial charge is 0.243 e. The number of likely N-dealkylation sites (N-methyl/N-ethyl adjacent to an activating group) is 3. The average molecular weight is 1590 g/mol. The summed E-state index contributed by atoms with van der Waals surface area (Å²) in [5.74, 6) is 0. The minimum atomic E-state index is 0.607. The topological polar surface area (TPSA) is 435 Å².